The van der Waals surface area contributed by atoms with E-state index in [0.29, 0.717) is 5.56 Å². The fourth-order valence-electron chi connectivity index (χ4n) is 13.1. The average Bonchev–Trinajstić information content (AvgIpc) is 3.65. The van der Waals surface area contributed by atoms with Gasteiger partial charge in [0.15, 0.2) is 0 Å². The van der Waals surface area contributed by atoms with E-state index >= 15 is 0 Å². The van der Waals surface area contributed by atoms with E-state index in [2.05, 4.69) is 158 Å². The summed E-state index contributed by atoms with van der Waals surface area (Å²) in [6, 6.07) is 56.7. The Morgan fingerprint density at radius 1 is 0.518 bits per heavy atom. The second kappa shape index (κ2) is 11.6. The van der Waals surface area contributed by atoms with Gasteiger partial charge in [-0.15, -0.1) is 0 Å². The van der Waals surface area contributed by atoms with Crippen LogP contribution in [0.2, 0.25) is 0 Å². The third-order valence-electron chi connectivity index (χ3n) is 15.1. The number of benzene rings is 7. The van der Waals surface area contributed by atoms with Crippen molar-refractivity contribution in [2.24, 2.45) is 23.7 Å². The lowest BCUT2D eigenvalue weighted by molar-refractivity contribution is -0.0399. The van der Waals surface area contributed by atoms with Gasteiger partial charge in [0.2, 0.25) is 0 Å². The largest absolute Gasteiger partial charge is 0.309 e. The summed E-state index contributed by atoms with van der Waals surface area (Å²) in [6.45, 7) is 4.69. The lowest BCUT2D eigenvalue weighted by Crippen LogP contribution is -2.55. The Kier molecular flexibility index (Phi) is 6.68. The van der Waals surface area contributed by atoms with Crippen molar-refractivity contribution in [3.8, 4) is 39.4 Å². The summed E-state index contributed by atoms with van der Waals surface area (Å²) >= 11 is 0. The molecule has 0 aliphatic heterocycles. The second-order valence-electron chi connectivity index (χ2n) is 18.0. The van der Waals surface area contributed by atoms with E-state index < -0.39 is 0 Å². The highest BCUT2D eigenvalue weighted by Gasteiger charge is 2.61. The van der Waals surface area contributed by atoms with E-state index in [1.165, 1.54) is 87.4 Å². The molecule has 0 radical (unpaired) electrons. The smallest absolute Gasteiger partial charge is 0.0991 e. The Hall–Kier alpha value is -5.91. The molecule has 13 rings (SSSR count). The molecule has 0 N–H and O–H groups in total. The second-order valence-corrected chi connectivity index (χ2v) is 18.0. The maximum absolute atomic E-state index is 9.75. The minimum Gasteiger partial charge on any atom is -0.309 e. The fraction of sp³-hybridized carbons (Fsp3) is 0.241. The van der Waals surface area contributed by atoms with Gasteiger partial charge in [0.25, 0.3) is 0 Å². The van der Waals surface area contributed by atoms with Gasteiger partial charge in [-0.05, 0) is 154 Å². The molecule has 0 saturated heterocycles. The fourth-order valence-corrected chi connectivity index (χ4v) is 13.1. The van der Waals surface area contributed by atoms with Gasteiger partial charge in [-0.3, -0.25) is 0 Å². The lowest BCUT2D eigenvalue weighted by Gasteiger charge is -2.61. The molecule has 0 heterocycles. The van der Waals surface area contributed by atoms with Crippen LogP contribution in [-0.2, 0) is 10.8 Å². The van der Waals surface area contributed by atoms with Gasteiger partial charge in [0.05, 0.1) is 23.0 Å². The van der Waals surface area contributed by atoms with Crippen molar-refractivity contribution in [1.29, 1.82) is 5.26 Å². The van der Waals surface area contributed by atoms with Gasteiger partial charge in [0.1, 0.15) is 0 Å². The third kappa shape index (κ3) is 4.21. The molecule has 0 unspecified atom stereocenters. The Morgan fingerprint density at radius 2 is 1.12 bits per heavy atom. The van der Waals surface area contributed by atoms with E-state index in [1.54, 1.807) is 11.1 Å². The van der Waals surface area contributed by atoms with Crippen LogP contribution >= 0.6 is 0 Å². The van der Waals surface area contributed by atoms with Crippen LogP contribution in [0.15, 0.2) is 146 Å². The highest BCUT2D eigenvalue weighted by atomic mass is 15.1. The van der Waals surface area contributed by atoms with Crippen molar-refractivity contribution in [1.82, 2.24) is 0 Å². The first-order valence-corrected chi connectivity index (χ1v) is 20.8. The molecule has 4 bridgehead atoms. The number of nitrogens with zero attached hydrogens (tertiary/aromatic N) is 2. The first-order valence-electron chi connectivity index (χ1n) is 20.8. The molecule has 4 saturated carbocycles. The molecule has 0 aromatic heterocycles. The number of rotatable bonds is 4. The number of nitriles is 1. The highest BCUT2D eigenvalue weighted by molar-refractivity contribution is 6.07. The molecule has 0 amide bonds. The van der Waals surface area contributed by atoms with E-state index in [9.17, 15) is 5.26 Å². The molecular weight excluding hydrogens is 677 g/mol. The van der Waals surface area contributed by atoms with Crippen molar-refractivity contribution in [2.45, 2.75) is 56.8 Å². The van der Waals surface area contributed by atoms with Crippen molar-refractivity contribution < 1.29 is 0 Å². The van der Waals surface area contributed by atoms with Crippen molar-refractivity contribution >= 4 is 27.8 Å². The van der Waals surface area contributed by atoms with E-state index in [4.69, 9.17) is 0 Å². The van der Waals surface area contributed by atoms with Gasteiger partial charge in [-0.25, -0.2) is 0 Å². The zero-order valence-corrected chi connectivity index (χ0v) is 32.1. The van der Waals surface area contributed by atoms with Gasteiger partial charge >= 0.3 is 0 Å². The Balaban J connectivity index is 1.05. The molecule has 7 aromatic carbocycles. The van der Waals surface area contributed by atoms with E-state index in [0.717, 1.165) is 40.7 Å². The predicted molar refractivity (Wildman–Crippen MR) is 230 cm³/mol. The molecule has 1 spiro atoms. The minimum absolute atomic E-state index is 0.119. The Labute approximate surface area is 330 Å². The van der Waals surface area contributed by atoms with Gasteiger partial charge in [0, 0.05) is 27.5 Å². The molecule has 2 nitrogen and oxygen atoms in total. The summed E-state index contributed by atoms with van der Waals surface area (Å²) in [5, 5.41) is 12.2. The van der Waals surface area contributed by atoms with Crippen LogP contribution in [0.4, 0.5) is 17.1 Å². The quantitative estimate of drug-likeness (QED) is 0.181. The summed E-state index contributed by atoms with van der Waals surface area (Å²) in [4.78, 5) is 2.43. The summed E-state index contributed by atoms with van der Waals surface area (Å²) in [6.07, 6.45) is 7.08. The maximum atomic E-state index is 9.75. The number of hydrogen-bond acceptors (Lipinski definition) is 2. The van der Waals surface area contributed by atoms with E-state index in [1.807, 2.05) is 12.1 Å². The van der Waals surface area contributed by atoms with Crippen molar-refractivity contribution in [3.05, 3.63) is 173 Å². The molecular formula is C54H44N2. The molecule has 4 fully saturated rings. The normalized spacial score (nSPS) is 24.1. The van der Waals surface area contributed by atoms with Crippen LogP contribution < -0.4 is 4.90 Å². The summed E-state index contributed by atoms with van der Waals surface area (Å²) < 4.78 is 0. The first kappa shape index (κ1) is 32.3. The van der Waals surface area contributed by atoms with Crippen LogP contribution in [0.3, 0.4) is 0 Å². The maximum Gasteiger partial charge on any atom is 0.0991 e. The van der Waals surface area contributed by atoms with Gasteiger partial charge in [-0.1, -0.05) is 117 Å². The lowest BCUT2D eigenvalue weighted by atomic mass is 9.43. The van der Waals surface area contributed by atoms with Crippen LogP contribution in [0, 0.1) is 35.0 Å². The molecule has 7 aromatic rings. The highest BCUT2D eigenvalue weighted by Crippen LogP contribution is 2.69. The topological polar surface area (TPSA) is 27.0 Å². The molecule has 6 aliphatic carbocycles. The third-order valence-corrected chi connectivity index (χ3v) is 15.1. The van der Waals surface area contributed by atoms with Crippen LogP contribution in [-0.4, -0.2) is 0 Å². The molecule has 6 aliphatic rings. The monoisotopic (exact) mass is 720 g/mol. The standard InChI is InChI=1S/C54H44N2/c1-53(2)46-15-5-4-11-44(46)52-49(53)17-9-19-51(52)56(39-23-20-33(32-55)21-24-39)50-18-8-13-41-40(12-7-14-43(41)50)36-22-25-48-45(31-36)42-10-3-6-16-47(42)54(48)37-27-34-26-35(29-37)30-38(54)28-34/h3-25,31,34-35,37-38H,26-30H2,1-2H3. The molecule has 270 valence electrons. The van der Waals surface area contributed by atoms with Crippen LogP contribution in [0.25, 0.3) is 44.2 Å². The molecule has 56 heavy (non-hydrogen) atoms. The summed E-state index contributed by atoms with van der Waals surface area (Å²) in [5.41, 5.74) is 18.0. The number of fused-ring (bicyclic) bond motifs is 7. The Bertz CT molecular complexity index is 2790. The summed E-state index contributed by atoms with van der Waals surface area (Å²) in [5.74, 6) is 3.39. The van der Waals surface area contributed by atoms with E-state index in [-0.39, 0.29) is 10.8 Å². The van der Waals surface area contributed by atoms with Crippen molar-refractivity contribution in [3.63, 3.8) is 0 Å². The van der Waals surface area contributed by atoms with Crippen LogP contribution in [0.5, 0.6) is 0 Å². The molecule has 2 heteroatoms. The summed E-state index contributed by atoms with van der Waals surface area (Å²) in [7, 11) is 0. The van der Waals surface area contributed by atoms with Gasteiger partial charge in [-0.2, -0.15) is 5.26 Å². The SMILES string of the molecule is CC1(C)c2ccccc2-c2c(N(c3ccc(C#N)cc3)c3cccc4c(-c5ccc6c(c5)-c5ccccc5C65C6CC7CC(C6)CC5C7)cccc34)cccc21. The Morgan fingerprint density at radius 3 is 1.89 bits per heavy atom. The van der Waals surface area contributed by atoms with Gasteiger partial charge < -0.3 is 4.90 Å². The first-order chi connectivity index (χ1) is 27.4. The molecule has 0 atom stereocenters. The average molecular weight is 721 g/mol. The van der Waals surface area contributed by atoms with Crippen LogP contribution in [0.1, 0.15) is 73.8 Å². The number of hydrogen-bond donors (Lipinski definition) is 0. The number of anilines is 3. The predicted octanol–water partition coefficient (Wildman–Crippen LogP) is 13.9. The minimum atomic E-state index is -0.119. The zero-order chi connectivity index (χ0) is 37.3. The van der Waals surface area contributed by atoms with Crippen molar-refractivity contribution in [2.75, 3.05) is 4.90 Å². The zero-order valence-electron chi connectivity index (χ0n) is 32.1.